The molecule has 0 saturated carbocycles. The molecule has 0 aliphatic heterocycles. The quantitative estimate of drug-likeness (QED) is 0.406. The Morgan fingerprint density at radius 3 is 2.28 bits per heavy atom. The highest BCUT2D eigenvalue weighted by atomic mass is 16.3. The monoisotopic (exact) mass is 344 g/mol. The van der Waals surface area contributed by atoms with Crippen LogP contribution in [0.4, 0.5) is 0 Å². The van der Waals surface area contributed by atoms with E-state index in [0.717, 1.165) is 12.1 Å². The van der Waals surface area contributed by atoms with E-state index in [0.29, 0.717) is 5.56 Å². The molecule has 0 spiro atoms. The number of Topliss-reactive ketones (excluding diaryl/α,β-unsaturated/α-hetero) is 1. The van der Waals surface area contributed by atoms with E-state index >= 15 is 0 Å². The lowest BCUT2D eigenvalue weighted by Gasteiger charge is -2.20. The molecule has 0 heterocycles. The van der Waals surface area contributed by atoms with Crippen molar-refractivity contribution >= 4 is 5.78 Å². The van der Waals surface area contributed by atoms with Crippen molar-refractivity contribution < 1.29 is 30.3 Å². The Labute approximate surface area is 144 Å². The third kappa shape index (κ3) is 4.30. The van der Waals surface area contributed by atoms with Crippen molar-refractivity contribution in [1.82, 2.24) is 0 Å². The van der Waals surface area contributed by atoms with Gasteiger partial charge in [0.05, 0.1) is 11.2 Å². The summed E-state index contributed by atoms with van der Waals surface area (Å²) in [6.45, 7) is 5.04. The molecule has 2 aromatic carbocycles. The Morgan fingerprint density at radius 2 is 1.68 bits per heavy atom. The van der Waals surface area contributed by atoms with E-state index in [2.05, 4.69) is 6.58 Å². The number of hydrogen-bond donors (Lipinski definition) is 5. The summed E-state index contributed by atoms with van der Waals surface area (Å²) in [5.74, 6) is -1.48. The van der Waals surface area contributed by atoms with Gasteiger partial charge in [-0.25, -0.2) is 0 Å². The molecule has 0 saturated heterocycles. The minimum atomic E-state index is -1.26. The maximum absolute atomic E-state index is 12.4. The van der Waals surface area contributed by atoms with Gasteiger partial charge in [0, 0.05) is 30.5 Å². The van der Waals surface area contributed by atoms with E-state index in [1.807, 2.05) is 0 Å². The predicted molar refractivity (Wildman–Crippen MR) is 92.1 cm³/mol. The minimum absolute atomic E-state index is 0.00455. The van der Waals surface area contributed by atoms with Gasteiger partial charge in [0.2, 0.25) is 0 Å². The average molecular weight is 344 g/mol. The molecule has 0 aromatic heterocycles. The fourth-order valence-electron chi connectivity index (χ4n) is 2.44. The Bertz CT molecular complexity index is 823. The van der Waals surface area contributed by atoms with Gasteiger partial charge in [0.25, 0.3) is 0 Å². The highest BCUT2D eigenvalue weighted by Crippen LogP contribution is 2.32. The summed E-state index contributed by atoms with van der Waals surface area (Å²) < 4.78 is 0. The zero-order valence-corrected chi connectivity index (χ0v) is 13.7. The molecular weight excluding hydrogens is 324 g/mol. The van der Waals surface area contributed by atoms with E-state index in [4.69, 9.17) is 0 Å². The number of phenolic OH excluding ortho intramolecular Hbond substituents is 4. The molecule has 1 atom stereocenters. The number of phenols is 4. The molecule has 0 aliphatic rings. The van der Waals surface area contributed by atoms with Crippen LogP contribution in [0.25, 0.3) is 0 Å². The maximum atomic E-state index is 12.4. The zero-order chi connectivity index (χ0) is 18.8. The third-order valence-electron chi connectivity index (χ3n) is 3.90. The second-order valence-electron chi connectivity index (χ2n) is 6.15. The van der Waals surface area contributed by atoms with Crippen LogP contribution >= 0.6 is 0 Å². The molecule has 0 fully saturated rings. The summed E-state index contributed by atoms with van der Waals surface area (Å²) in [6.07, 6.45) is 1.15. The van der Waals surface area contributed by atoms with Crippen molar-refractivity contribution in [3.8, 4) is 23.0 Å². The zero-order valence-electron chi connectivity index (χ0n) is 13.7. The molecule has 0 radical (unpaired) electrons. The molecule has 0 unspecified atom stereocenters. The number of ketones is 1. The highest BCUT2D eigenvalue weighted by Gasteiger charge is 2.21. The van der Waals surface area contributed by atoms with Crippen molar-refractivity contribution in [2.75, 3.05) is 0 Å². The molecule has 6 heteroatoms. The lowest BCUT2D eigenvalue weighted by atomic mass is 9.93. The van der Waals surface area contributed by atoms with E-state index in [-0.39, 0.29) is 47.0 Å². The first-order valence-corrected chi connectivity index (χ1v) is 7.58. The van der Waals surface area contributed by atoms with Gasteiger partial charge in [0.15, 0.2) is 5.78 Å². The molecule has 0 amide bonds. The average Bonchev–Trinajstić information content (AvgIpc) is 2.51. The van der Waals surface area contributed by atoms with Crippen LogP contribution in [0.15, 0.2) is 43.0 Å². The van der Waals surface area contributed by atoms with Crippen LogP contribution in [-0.4, -0.2) is 36.9 Å². The Morgan fingerprint density at radius 1 is 1.04 bits per heavy atom. The molecule has 5 N–H and O–H groups in total. The van der Waals surface area contributed by atoms with Crippen molar-refractivity contribution in [3.05, 3.63) is 59.7 Å². The summed E-state index contributed by atoms with van der Waals surface area (Å²) in [4.78, 5) is 12.4. The van der Waals surface area contributed by atoms with Crippen molar-refractivity contribution in [1.29, 1.82) is 0 Å². The first kappa shape index (κ1) is 18.4. The molecule has 0 bridgehead atoms. The van der Waals surface area contributed by atoms with Gasteiger partial charge in [-0.2, -0.15) is 0 Å². The number of benzene rings is 2. The summed E-state index contributed by atoms with van der Waals surface area (Å²) >= 11 is 0. The van der Waals surface area contributed by atoms with Crippen molar-refractivity contribution in [2.45, 2.75) is 25.4 Å². The third-order valence-corrected chi connectivity index (χ3v) is 3.90. The van der Waals surface area contributed by atoms with Crippen LogP contribution in [0.2, 0.25) is 0 Å². The second-order valence-corrected chi connectivity index (χ2v) is 6.15. The van der Waals surface area contributed by atoms with Crippen LogP contribution in [0.1, 0.15) is 28.4 Å². The number of aromatic hydroxyl groups is 4. The summed E-state index contributed by atoms with van der Waals surface area (Å²) in [7, 11) is 0. The summed E-state index contributed by atoms with van der Waals surface area (Å²) in [5.41, 5.74) is -0.666. The van der Waals surface area contributed by atoms with Gasteiger partial charge < -0.3 is 25.5 Å². The minimum Gasteiger partial charge on any atom is -0.508 e. The van der Waals surface area contributed by atoms with Crippen molar-refractivity contribution in [2.24, 2.45) is 0 Å². The highest BCUT2D eigenvalue weighted by molar-refractivity contribution is 6.00. The van der Waals surface area contributed by atoms with Gasteiger partial charge >= 0.3 is 0 Å². The summed E-state index contributed by atoms with van der Waals surface area (Å²) in [5, 5.41) is 49.0. The van der Waals surface area contributed by atoms with Crippen molar-refractivity contribution in [3.63, 3.8) is 0 Å². The molecule has 2 rings (SSSR count). The van der Waals surface area contributed by atoms with Crippen LogP contribution < -0.4 is 0 Å². The maximum Gasteiger partial charge on any atom is 0.171 e. The fraction of sp³-hybridized carbons (Fsp3) is 0.211. The van der Waals surface area contributed by atoms with Gasteiger partial charge in [-0.1, -0.05) is 6.08 Å². The normalized spacial score (nSPS) is 13.2. The molecule has 132 valence electrons. The van der Waals surface area contributed by atoms with Crippen LogP contribution in [0, 0.1) is 0 Å². The van der Waals surface area contributed by atoms with Gasteiger partial charge in [0.1, 0.15) is 23.0 Å². The largest absolute Gasteiger partial charge is 0.508 e. The molecule has 25 heavy (non-hydrogen) atoms. The van der Waals surface area contributed by atoms with E-state index in [1.54, 1.807) is 0 Å². The lowest BCUT2D eigenvalue weighted by molar-refractivity contribution is 0.0989. The number of carbonyl (C=O) groups excluding carboxylic acids is 1. The van der Waals surface area contributed by atoms with E-state index in [9.17, 15) is 30.3 Å². The number of rotatable bonds is 6. The topological polar surface area (TPSA) is 118 Å². The van der Waals surface area contributed by atoms with Crippen LogP contribution in [0.3, 0.4) is 0 Å². The number of hydrogen-bond acceptors (Lipinski definition) is 6. The molecule has 6 nitrogen and oxygen atoms in total. The van der Waals surface area contributed by atoms with E-state index in [1.165, 1.54) is 31.2 Å². The van der Waals surface area contributed by atoms with Gasteiger partial charge in [-0.05, 0) is 30.7 Å². The second kappa shape index (κ2) is 6.86. The smallest absolute Gasteiger partial charge is 0.171 e. The predicted octanol–water partition coefficient (Wildman–Crippen LogP) is 2.41. The Kier molecular flexibility index (Phi) is 5.04. The van der Waals surface area contributed by atoms with Crippen LogP contribution in [0.5, 0.6) is 23.0 Å². The first-order chi connectivity index (χ1) is 11.6. The SMILES string of the molecule is C=C[C@](C)(O)Cc1cc(CC(=O)c2ccc(O)cc2O)c(O)cc1O. The molecule has 2 aromatic rings. The Hall–Kier alpha value is -2.99. The molecular formula is C19H20O6. The standard InChI is InChI=1S/C19H20O6/c1-3-19(2,25)10-12-6-11(15(21)9-16(12)22)7-17(23)14-5-4-13(20)8-18(14)24/h3-6,8-9,20-22,24-25H,1,7,10H2,2H3/t19-/m0/s1. The van der Waals surface area contributed by atoms with Gasteiger partial charge in [-0.3, -0.25) is 4.79 Å². The fourth-order valence-corrected chi connectivity index (χ4v) is 2.44. The number of aliphatic hydroxyl groups is 1. The van der Waals surface area contributed by atoms with E-state index < -0.39 is 11.4 Å². The van der Waals surface area contributed by atoms with Gasteiger partial charge in [-0.15, -0.1) is 6.58 Å². The Balaban J connectivity index is 2.32. The molecule has 0 aliphatic carbocycles. The summed E-state index contributed by atoms with van der Waals surface area (Å²) in [6, 6.07) is 6.15. The first-order valence-electron chi connectivity index (χ1n) is 7.58. The lowest BCUT2D eigenvalue weighted by Crippen LogP contribution is -2.23. The van der Waals surface area contributed by atoms with Crippen LogP contribution in [-0.2, 0) is 12.8 Å². The number of carbonyl (C=O) groups is 1.